The van der Waals surface area contributed by atoms with E-state index in [2.05, 4.69) is 111 Å². The number of aromatic nitrogens is 25. The number of nitrogens with one attached hydrogen (secondary N) is 7. The number of thiazole rings is 1. The largest absolute Gasteiger partial charge is 0.454 e. The summed E-state index contributed by atoms with van der Waals surface area (Å²) in [4.78, 5) is 48.5. The molecule has 18 aromatic rings. The van der Waals surface area contributed by atoms with Gasteiger partial charge in [-0.3, -0.25) is 5.10 Å². The molecular weight excluding hydrogens is 1790 g/mol. The van der Waals surface area contributed by atoms with Crippen molar-refractivity contribution >= 4 is 103 Å². The van der Waals surface area contributed by atoms with Crippen LogP contribution in [-0.2, 0) is 6.42 Å². The van der Waals surface area contributed by atoms with Crippen LogP contribution in [0.1, 0.15) is 166 Å². The van der Waals surface area contributed by atoms with Gasteiger partial charge in [0.05, 0.1) is 120 Å². The second kappa shape index (κ2) is 41.4. The number of benzene rings is 1. The first-order valence-corrected chi connectivity index (χ1v) is 49.6. The first-order chi connectivity index (χ1) is 67.1. The number of hydrogen-bond donors (Lipinski definition) is 13. The maximum atomic E-state index is 6.25. The molecule has 1 aromatic carbocycles. The number of ether oxygens (including phenoxy) is 2. The molecule has 17 aromatic heterocycles. The number of anilines is 6. The number of nitrogens with two attached hydrogens (primary N) is 6. The predicted octanol–water partition coefficient (Wildman–Crippen LogP) is 11.7. The lowest BCUT2D eigenvalue weighted by Crippen LogP contribution is -2.29. The molecule has 7 aliphatic rings. The maximum absolute atomic E-state index is 6.25. The zero-order chi connectivity index (χ0) is 93.4. The number of rotatable bonds is 15. The van der Waals surface area contributed by atoms with Gasteiger partial charge < -0.3 is 80.2 Å². The van der Waals surface area contributed by atoms with Gasteiger partial charge in [0.25, 0.3) is 0 Å². The van der Waals surface area contributed by atoms with Crippen LogP contribution in [0.2, 0.25) is 0 Å². The van der Waals surface area contributed by atoms with E-state index >= 15 is 0 Å². The van der Waals surface area contributed by atoms with E-state index in [0.717, 1.165) is 287 Å². The van der Waals surface area contributed by atoms with Crippen molar-refractivity contribution in [1.82, 2.24) is 154 Å². The molecule has 24 heterocycles. The van der Waals surface area contributed by atoms with Crippen molar-refractivity contribution in [2.24, 2.45) is 5.92 Å². The minimum Gasteiger partial charge on any atom is -0.454 e. The Morgan fingerprint density at radius 1 is 0.401 bits per heavy atom. The van der Waals surface area contributed by atoms with E-state index < -0.39 is 0 Å². The van der Waals surface area contributed by atoms with E-state index in [4.69, 9.17) is 78.2 Å². The van der Waals surface area contributed by atoms with Gasteiger partial charge in [0.2, 0.25) is 6.79 Å². The number of hydrogen-bond acceptors (Lipinski definition) is 36. The average molecular weight is 1900 g/mol. The van der Waals surface area contributed by atoms with Crippen molar-refractivity contribution in [2.75, 3.05) is 126 Å². The molecule has 0 radical (unpaired) electrons. The van der Waals surface area contributed by atoms with Gasteiger partial charge >= 0.3 is 0 Å². The Labute approximate surface area is 800 Å². The normalized spacial score (nSPS) is 18.9. The Morgan fingerprint density at radius 3 is 1.17 bits per heavy atom. The van der Waals surface area contributed by atoms with E-state index in [0.29, 0.717) is 87.7 Å². The molecule has 0 spiro atoms. The highest BCUT2D eigenvalue weighted by Crippen LogP contribution is 2.41. The van der Waals surface area contributed by atoms with Crippen LogP contribution in [0.15, 0.2) is 157 Å². The first-order valence-electron chi connectivity index (χ1n) is 46.8. The molecular formula is C94H111N37O3S3. The van der Waals surface area contributed by atoms with Crippen molar-refractivity contribution < 1.29 is 13.9 Å². The Hall–Kier alpha value is -13.8. The van der Waals surface area contributed by atoms with Crippen molar-refractivity contribution in [1.29, 1.82) is 0 Å². The van der Waals surface area contributed by atoms with Crippen molar-refractivity contribution in [3.05, 3.63) is 187 Å². The molecule has 6 unspecified atom stereocenters. The summed E-state index contributed by atoms with van der Waals surface area (Å²) in [7, 11) is 0. The molecule has 6 atom stereocenters. The standard InChI is InChI=1S/C18H24N6S.C18H19N5O2.C16H19N7S.C14H17N7.C14H16N6O.C14H16N6S/c1-11(2)6-17-21-10-15(25-17)13-9-22-24-16(19)7-14(23-18(13)24)12-4-3-5-20-8-12;19-17-7-14(12-2-1-5-20-8-12)22-18-13(9-21-23(17)18)11-3-4-15-16(6-11)25-10-24-15;1-24-16-19-7-11(8-20-16)12-9-21-23-14(17)5-13(22-15(12)23)10-3-2-4-18-6-10;15-13-6-12(9-2-1-4-16-7-9)19-14-10(8-18-21(13)14)11-3-5-17-20-11;15-13-4-11(9-2-1-3-16-5-9)19-14-10(6-18-20(13)14)12-7-17-8-21-12;15-13-6-11(9-2-1-4-16-7-9)19-14-10(8-17-20(13)14)12-3-5-18-21-12/h7,9-12,20H,3-6,8,19H2,1-2H3;3-4,6-7,9,12,20H,1-2,5,8,10,19H2;5,7-10,18H,2-4,6,17H2,1H3;3,5-6,8-9,16H,1-2,4,7,15H2,(H,17,20);4,6-9,16H,1-3,5,15H2;3,5-6,8-9,16H,1-2,4,7,15H2. The van der Waals surface area contributed by atoms with E-state index in [1.807, 2.05) is 104 Å². The van der Waals surface area contributed by atoms with Crippen LogP contribution >= 0.6 is 34.6 Å². The van der Waals surface area contributed by atoms with Gasteiger partial charge in [0, 0.05) is 165 Å². The summed E-state index contributed by atoms with van der Waals surface area (Å²) in [5, 5.41) is 55.6. The molecule has 40 nitrogen and oxygen atoms in total. The number of fused-ring (bicyclic) bond motifs is 7. The molecule has 137 heavy (non-hydrogen) atoms. The van der Waals surface area contributed by atoms with Crippen LogP contribution in [0, 0.1) is 5.92 Å². The SMILES string of the molecule is CC(C)Cc1ncc(-c2cnn3c(N)cc(C4CCCNC4)nc23)s1.CSc1ncc(-c2cnn3c(N)cc(C4CCCNC4)nc23)cn1.Nc1cc(C2CCCNC2)nc2c(-c3ccc4c(c3)OCO4)cnn12.Nc1cc(C2CCCNC2)nc2c(-c3ccn[nH]3)cnn12.Nc1cc(C2CCCNC2)nc2c(-c3ccns3)cnn12.Nc1cc(C2CCCNC2)nc2c(-c3cnco3)cnn12. The quantitative estimate of drug-likeness (QED) is 0.0335. The summed E-state index contributed by atoms with van der Waals surface area (Å²) in [6.45, 7) is 16.9. The second-order valence-electron chi connectivity index (χ2n) is 35.6. The van der Waals surface area contributed by atoms with Gasteiger partial charge in [-0.1, -0.05) is 31.7 Å². The topological polar surface area (TPSA) is 534 Å². The Balaban J connectivity index is 0.000000102. The van der Waals surface area contributed by atoms with Gasteiger partial charge in [-0.15, -0.1) is 11.3 Å². The monoisotopic (exact) mass is 1900 g/mol. The third-order valence-corrected chi connectivity index (χ3v) is 28.2. The fourth-order valence-corrected chi connectivity index (χ4v) is 20.7. The van der Waals surface area contributed by atoms with Gasteiger partial charge in [-0.05, 0) is 170 Å². The third kappa shape index (κ3) is 20.0. The van der Waals surface area contributed by atoms with Gasteiger partial charge in [-0.2, -0.15) is 62.8 Å². The summed E-state index contributed by atoms with van der Waals surface area (Å²) in [6, 6.07) is 21.4. The number of piperidine rings is 6. The lowest BCUT2D eigenvalue weighted by Gasteiger charge is -2.22. The smallest absolute Gasteiger partial charge is 0.231 e. The highest BCUT2D eigenvalue weighted by Gasteiger charge is 2.30. The van der Waals surface area contributed by atoms with Crippen LogP contribution < -0.4 is 75.8 Å². The number of aromatic amines is 1. The van der Waals surface area contributed by atoms with E-state index in [1.165, 1.54) is 49.0 Å². The fourth-order valence-electron chi connectivity index (χ4n) is 18.6. The third-order valence-electron chi connectivity index (χ3n) is 25.8. The molecule has 7 aliphatic heterocycles. The summed E-state index contributed by atoms with van der Waals surface area (Å²) >= 11 is 4.69. The predicted molar refractivity (Wildman–Crippen MR) is 532 cm³/mol. The summed E-state index contributed by atoms with van der Waals surface area (Å²) < 4.78 is 30.5. The van der Waals surface area contributed by atoms with Crippen molar-refractivity contribution in [2.45, 2.75) is 138 Å². The van der Waals surface area contributed by atoms with Gasteiger partial charge in [-0.25, -0.2) is 54.2 Å². The minimum atomic E-state index is 0.261. The molecule has 0 amide bonds. The van der Waals surface area contributed by atoms with Crippen LogP contribution in [0.4, 0.5) is 34.9 Å². The van der Waals surface area contributed by atoms with Crippen LogP contribution in [-0.4, -0.2) is 214 Å². The second-order valence-corrected chi connectivity index (χ2v) is 38.3. The molecule has 708 valence electrons. The lowest BCUT2D eigenvalue weighted by atomic mass is 9.96. The summed E-state index contributed by atoms with van der Waals surface area (Å²) in [6.07, 6.45) is 39.6. The summed E-state index contributed by atoms with van der Waals surface area (Å²) in [5.41, 5.74) is 56.4. The van der Waals surface area contributed by atoms with Crippen molar-refractivity contribution in [3.8, 4) is 77.2 Å². The Morgan fingerprint density at radius 2 is 0.788 bits per heavy atom. The molecule has 6 saturated heterocycles. The maximum Gasteiger partial charge on any atom is 0.231 e. The van der Waals surface area contributed by atoms with Gasteiger partial charge in [0.15, 0.2) is 62.7 Å². The van der Waals surface area contributed by atoms with Crippen molar-refractivity contribution in [3.63, 3.8) is 0 Å². The molecule has 25 rings (SSSR count). The van der Waals surface area contributed by atoms with Crippen LogP contribution in [0.5, 0.6) is 11.5 Å². The number of thioether (sulfide) groups is 1. The van der Waals surface area contributed by atoms with E-state index in [9.17, 15) is 0 Å². The van der Waals surface area contributed by atoms with E-state index in [-0.39, 0.29) is 6.79 Å². The van der Waals surface area contributed by atoms with Crippen LogP contribution in [0.3, 0.4) is 0 Å². The number of H-pyrrole nitrogens is 1. The zero-order valence-electron chi connectivity index (χ0n) is 76.4. The highest BCUT2D eigenvalue weighted by atomic mass is 32.2. The zero-order valence-corrected chi connectivity index (χ0v) is 78.9. The molecule has 6 fully saturated rings. The highest BCUT2D eigenvalue weighted by molar-refractivity contribution is 7.98. The fraction of sp³-hybridized carbons (Fsp3) is 0.383. The molecule has 0 bridgehead atoms. The number of nitrogens with zero attached hydrogens (tertiary/aromatic N) is 24. The Kier molecular flexibility index (Phi) is 27.5. The average Bonchev–Trinajstić information content (AvgIpc) is 1.57. The molecule has 43 heteroatoms. The number of oxazole rings is 1. The lowest BCUT2D eigenvalue weighted by molar-refractivity contribution is 0.174. The Bertz CT molecular complexity index is 6810. The van der Waals surface area contributed by atoms with Gasteiger partial charge in [0.1, 0.15) is 34.9 Å². The minimum absolute atomic E-state index is 0.261. The summed E-state index contributed by atoms with van der Waals surface area (Å²) in [5.74, 6) is 8.89. The molecule has 0 aliphatic carbocycles. The molecule has 0 saturated carbocycles. The van der Waals surface area contributed by atoms with Crippen LogP contribution in [0.25, 0.3) is 99.6 Å². The first kappa shape index (κ1) is 91.0. The molecule has 19 N–H and O–H groups in total. The van der Waals surface area contributed by atoms with E-state index in [1.54, 1.807) is 81.8 Å². The number of nitrogen functional groups attached to an aromatic ring is 6.